The third-order valence-electron chi connectivity index (χ3n) is 1.23. The number of carbonyl (C=O) groups is 1. The third kappa shape index (κ3) is 15.1. The lowest BCUT2D eigenvalue weighted by atomic mass is 10.3. The monoisotopic (exact) mass is 230 g/mol. The summed E-state index contributed by atoms with van der Waals surface area (Å²) >= 11 is 0. The number of ether oxygens (including phenoxy) is 1. The van der Waals surface area contributed by atoms with Gasteiger partial charge < -0.3 is 24.9 Å². The Labute approximate surface area is 94.9 Å². The van der Waals surface area contributed by atoms with Gasteiger partial charge in [-0.25, -0.2) is 0 Å². The minimum absolute atomic E-state index is 0.0278. The average Bonchev–Trinajstić information content (AvgIpc) is 2.34. The number of aliphatic hydroxyl groups excluding tert-OH is 2. The molecule has 0 amide bonds. The minimum Gasteiger partial charge on any atom is -0.508 e. The predicted octanol–water partition coefficient (Wildman–Crippen LogP) is 0.195. The van der Waals surface area contributed by atoms with Crippen molar-refractivity contribution in [3.63, 3.8) is 0 Å². The molecule has 1 aromatic carbocycles. The van der Waals surface area contributed by atoms with Crippen LogP contribution < -0.4 is 0 Å². The SMILES string of the molecule is C=O.OCCOCCO.Oc1ccccc1. The Balaban J connectivity index is 0. The topological polar surface area (TPSA) is 87.0 Å². The Morgan fingerprint density at radius 3 is 1.69 bits per heavy atom. The van der Waals surface area contributed by atoms with Crippen molar-refractivity contribution < 1.29 is 24.9 Å². The van der Waals surface area contributed by atoms with Crippen LogP contribution in [0.15, 0.2) is 30.3 Å². The molecule has 0 saturated heterocycles. The van der Waals surface area contributed by atoms with Gasteiger partial charge in [-0.2, -0.15) is 0 Å². The summed E-state index contributed by atoms with van der Waals surface area (Å²) in [5, 5.41) is 24.8. The highest BCUT2D eigenvalue weighted by Crippen LogP contribution is 2.02. The van der Waals surface area contributed by atoms with E-state index in [0.717, 1.165) is 0 Å². The molecule has 5 heteroatoms. The van der Waals surface area contributed by atoms with E-state index in [0.29, 0.717) is 19.0 Å². The maximum absolute atomic E-state index is 8.63. The molecular formula is C11H18O5. The highest BCUT2D eigenvalue weighted by molar-refractivity contribution is 5.18. The zero-order chi connectivity index (χ0) is 12.6. The summed E-state index contributed by atoms with van der Waals surface area (Å²) in [6.45, 7) is 2.70. The van der Waals surface area contributed by atoms with E-state index in [1.165, 1.54) is 0 Å². The van der Waals surface area contributed by atoms with Crippen LogP contribution in [-0.2, 0) is 9.53 Å². The molecule has 0 aromatic heterocycles. The molecular weight excluding hydrogens is 212 g/mol. The van der Waals surface area contributed by atoms with Gasteiger partial charge in [0.25, 0.3) is 0 Å². The Morgan fingerprint density at radius 1 is 1.00 bits per heavy atom. The number of aromatic hydroxyl groups is 1. The summed E-state index contributed by atoms with van der Waals surface area (Å²) in [5.74, 6) is 0.322. The lowest BCUT2D eigenvalue weighted by molar-refractivity contribution is -0.0979. The van der Waals surface area contributed by atoms with Gasteiger partial charge in [0, 0.05) is 0 Å². The van der Waals surface area contributed by atoms with E-state index in [-0.39, 0.29) is 13.2 Å². The molecule has 0 radical (unpaired) electrons. The molecule has 1 rings (SSSR count). The molecule has 0 fully saturated rings. The van der Waals surface area contributed by atoms with E-state index in [4.69, 9.17) is 20.1 Å². The van der Waals surface area contributed by atoms with E-state index in [2.05, 4.69) is 4.74 Å². The number of aliphatic hydroxyl groups is 2. The molecule has 16 heavy (non-hydrogen) atoms. The van der Waals surface area contributed by atoms with Crippen LogP contribution in [0.5, 0.6) is 5.75 Å². The third-order valence-corrected chi connectivity index (χ3v) is 1.23. The van der Waals surface area contributed by atoms with Gasteiger partial charge in [-0.1, -0.05) is 18.2 Å². The zero-order valence-electron chi connectivity index (χ0n) is 9.08. The number of phenols is 1. The molecule has 0 aliphatic carbocycles. The smallest absolute Gasteiger partial charge is 0.115 e. The quantitative estimate of drug-likeness (QED) is 0.643. The van der Waals surface area contributed by atoms with Crippen molar-refractivity contribution in [2.24, 2.45) is 0 Å². The van der Waals surface area contributed by atoms with Crippen molar-refractivity contribution in [2.45, 2.75) is 0 Å². The number of para-hydroxylation sites is 1. The van der Waals surface area contributed by atoms with E-state index in [1.54, 1.807) is 24.3 Å². The molecule has 0 aliphatic heterocycles. The van der Waals surface area contributed by atoms with Crippen LogP contribution in [0.3, 0.4) is 0 Å². The summed E-state index contributed by atoms with van der Waals surface area (Å²) in [6.07, 6.45) is 0. The van der Waals surface area contributed by atoms with Crippen LogP contribution >= 0.6 is 0 Å². The van der Waals surface area contributed by atoms with E-state index < -0.39 is 0 Å². The van der Waals surface area contributed by atoms with Crippen molar-refractivity contribution in [2.75, 3.05) is 26.4 Å². The number of hydrogen-bond donors (Lipinski definition) is 3. The second-order valence-electron chi connectivity index (χ2n) is 2.40. The molecule has 0 spiro atoms. The standard InChI is InChI=1S/C6H6O.C4H10O3.CH2O/c7-6-4-2-1-3-5-6;5-1-3-7-4-2-6;1-2/h1-5,7H;5-6H,1-4H2;1H2. The molecule has 0 bridgehead atoms. The largest absolute Gasteiger partial charge is 0.508 e. The van der Waals surface area contributed by atoms with E-state index in [9.17, 15) is 0 Å². The van der Waals surface area contributed by atoms with Gasteiger partial charge in [0.1, 0.15) is 12.5 Å². The van der Waals surface area contributed by atoms with Crippen molar-refractivity contribution in [3.05, 3.63) is 30.3 Å². The van der Waals surface area contributed by atoms with Gasteiger partial charge in [0.2, 0.25) is 0 Å². The van der Waals surface area contributed by atoms with Crippen LogP contribution in [0.2, 0.25) is 0 Å². The van der Waals surface area contributed by atoms with E-state index in [1.807, 2.05) is 12.9 Å². The van der Waals surface area contributed by atoms with Crippen LogP contribution in [0, 0.1) is 0 Å². The first-order valence-electron chi connectivity index (χ1n) is 4.63. The van der Waals surface area contributed by atoms with Gasteiger partial charge in [-0.15, -0.1) is 0 Å². The molecule has 0 aliphatic rings. The molecule has 0 saturated carbocycles. The Hall–Kier alpha value is -1.43. The summed E-state index contributed by atoms with van der Waals surface area (Å²) in [4.78, 5) is 8.00. The average molecular weight is 230 g/mol. The molecule has 5 nitrogen and oxygen atoms in total. The number of rotatable bonds is 4. The molecule has 1 aromatic rings. The zero-order valence-corrected chi connectivity index (χ0v) is 9.08. The highest BCUT2D eigenvalue weighted by Gasteiger charge is 1.79. The lowest BCUT2D eigenvalue weighted by Crippen LogP contribution is -2.03. The van der Waals surface area contributed by atoms with Crippen molar-refractivity contribution >= 4 is 6.79 Å². The minimum atomic E-state index is 0.0278. The highest BCUT2D eigenvalue weighted by atomic mass is 16.5. The van der Waals surface area contributed by atoms with Crippen LogP contribution in [0.25, 0.3) is 0 Å². The number of hydrogen-bond acceptors (Lipinski definition) is 5. The number of phenolic OH excluding ortho intramolecular Hbond substituents is 1. The fourth-order valence-electron chi connectivity index (χ4n) is 0.659. The summed E-state index contributed by atoms with van der Waals surface area (Å²) in [7, 11) is 0. The van der Waals surface area contributed by atoms with Crippen molar-refractivity contribution in [3.8, 4) is 5.75 Å². The Bertz CT molecular complexity index is 211. The summed E-state index contributed by atoms with van der Waals surface area (Å²) in [6, 6.07) is 8.71. The first-order valence-corrected chi connectivity index (χ1v) is 4.63. The first-order chi connectivity index (χ1) is 7.81. The molecule has 92 valence electrons. The maximum Gasteiger partial charge on any atom is 0.115 e. The Kier molecular flexibility index (Phi) is 17.0. The number of benzene rings is 1. The van der Waals surface area contributed by atoms with Crippen molar-refractivity contribution in [1.82, 2.24) is 0 Å². The predicted molar refractivity (Wildman–Crippen MR) is 60.2 cm³/mol. The summed E-state index contributed by atoms with van der Waals surface area (Å²) in [5.41, 5.74) is 0. The van der Waals surface area contributed by atoms with Gasteiger partial charge in [-0.05, 0) is 12.1 Å². The van der Waals surface area contributed by atoms with Crippen LogP contribution in [0.4, 0.5) is 0 Å². The fourth-order valence-corrected chi connectivity index (χ4v) is 0.659. The second kappa shape index (κ2) is 16.0. The van der Waals surface area contributed by atoms with Crippen molar-refractivity contribution in [1.29, 1.82) is 0 Å². The van der Waals surface area contributed by atoms with Crippen LogP contribution in [-0.4, -0.2) is 48.5 Å². The number of carbonyl (C=O) groups excluding carboxylic acids is 1. The van der Waals surface area contributed by atoms with Gasteiger partial charge in [0.05, 0.1) is 26.4 Å². The molecule has 0 unspecified atom stereocenters. The lowest BCUT2D eigenvalue weighted by Gasteiger charge is -1.94. The van der Waals surface area contributed by atoms with Gasteiger partial charge >= 0.3 is 0 Å². The van der Waals surface area contributed by atoms with Crippen LogP contribution in [0.1, 0.15) is 0 Å². The second-order valence-corrected chi connectivity index (χ2v) is 2.40. The molecule has 0 atom stereocenters. The first kappa shape index (κ1) is 17.0. The molecule has 3 N–H and O–H groups in total. The van der Waals surface area contributed by atoms with E-state index >= 15 is 0 Å². The van der Waals surface area contributed by atoms with Gasteiger partial charge in [0.15, 0.2) is 0 Å². The normalized spacial score (nSPS) is 8.12. The molecule has 0 heterocycles. The summed E-state index contributed by atoms with van der Waals surface area (Å²) < 4.78 is 4.63. The maximum atomic E-state index is 8.63. The Morgan fingerprint density at radius 2 is 1.44 bits per heavy atom. The fraction of sp³-hybridized carbons (Fsp3) is 0.364. The van der Waals surface area contributed by atoms with Gasteiger partial charge in [-0.3, -0.25) is 0 Å².